The molecule has 0 amide bonds. The second-order valence-electron chi connectivity index (χ2n) is 6.37. The maximum absolute atomic E-state index is 13.2. The summed E-state index contributed by atoms with van der Waals surface area (Å²) in [5.74, 6) is 0.603. The van der Waals surface area contributed by atoms with Gasteiger partial charge in [-0.05, 0) is 49.1 Å². The molecule has 3 aromatic rings. The molecule has 2 heterocycles. The van der Waals surface area contributed by atoms with E-state index >= 15 is 0 Å². The summed E-state index contributed by atoms with van der Waals surface area (Å²) < 4.78 is 1.86. The molecular weight excluding hydrogens is 318 g/mol. The van der Waals surface area contributed by atoms with Crippen LogP contribution in [0.4, 0.5) is 0 Å². The molecule has 0 radical (unpaired) electrons. The number of fused-ring (bicyclic) bond motifs is 1. The monoisotopic (exact) mass is 337 g/mol. The molecule has 2 aromatic heterocycles. The van der Waals surface area contributed by atoms with Gasteiger partial charge in [0.15, 0.2) is 5.16 Å². The van der Waals surface area contributed by atoms with Crippen molar-refractivity contribution >= 4 is 22.8 Å². The fourth-order valence-electron chi connectivity index (χ4n) is 3.04. The minimum Gasteiger partial charge on any atom is -0.292 e. The summed E-state index contributed by atoms with van der Waals surface area (Å²) in [6, 6.07) is 9.96. The van der Waals surface area contributed by atoms with E-state index in [1.165, 1.54) is 24.6 Å². The van der Waals surface area contributed by atoms with E-state index in [2.05, 4.69) is 9.97 Å². The van der Waals surface area contributed by atoms with Gasteiger partial charge in [-0.15, -0.1) is 0 Å². The SMILES string of the molecule is CSc1ncc2cc(-c3ccccc3C)c(=O)n(CC3CC3)c2n1. The van der Waals surface area contributed by atoms with Gasteiger partial charge in [-0.25, -0.2) is 9.97 Å². The lowest BCUT2D eigenvalue weighted by Gasteiger charge is -2.13. The van der Waals surface area contributed by atoms with E-state index in [9.17, 15) is 4.79 Å². The van der Waals surface area contributed by atoms with E-state index < -0.39 is 0 Å². The van der Waals surface area contributed by atoms with Gasteiger partial charge in [0, 0.05) is 23.7 Å². The fraction of sp³-hybridized carbons (Fsp3) is 0.316. The molecule has 24 heavy (non-hydrogen) atoms. The predicted octanol–water partition coefficient (Wildman–Crippen LogP) is 3.90. The molecule has 0 unspecified atom stereocenters. The number of nitrogens with zero attached hydrogens (tertiary/aromatic N) is 3. The lowest BCUT2D eigenvalue weighted by Crippen LogP contribution is -2.24. The van der Waals surface area contributed by atoms with Crippen LogP contribution < -0.4 is 5.56 Å². The van der Waals surface area contributed by atoms with Crippen molar-refractivity contribution in [3.63, 3.8) is 0 Å². The number of benzene rings is 1. The standard InChI is InChI=1S/C19H19N3OS/c1-12-5-3-4-6-15(12)16-9-14-10-20-19(24-2)21-17(14)22(18(16)23)11-13-7-8-13/h3-6,9-10,13H,7-8,11H2,1-2H3. The molecule has 0 spiro atoms. The number of thioether (sulfide) groups is 1. The molecule has 4 nitrogen and oxygen atoms in total. The van der Waals surface area contributed by atoms with Gasteiger partial charge in [0.25, 0.3) is 5.56 Å². The molecule has 0 aliphatic heterocycles. The van der Waals surface area contributed by atoms with Crippen molar-refractivity contribution in [3.8, 4) is 11.1 Å². The first kappa shape index (κ1) is 15.4. The van der Waals surface area contributed by atoms with Crippen molar-refractivity contribution in [1.82, 2.24) is 14.5 Å². The molecule has 1 aliphatic carbocycles. The molecular formula is C19H19N3OS. The number of pyridine rings is 1. The van der Waals surface area contributed by atoms with E-state index in [0.29, 0.717) is 11.1 Å². The Labute approximate surface area is 145 Å². The molecule has 5 heteroatoms. The molecule has 0 atom stereocenters. The second kappa shape index (κ2) is 6.06. The van der Waals surface area contributed by atoms with Crippen molar-refractivity contribution in [2.75, 3.05) is 6.26 Å². The Morgan fingerprint density at radius 2 is 2.04 bits per heavy atom. The number of aromatic nitrogens is 3. The van der Waals surface area contributed by atoms with Gasteiger partial charge in [-0.3, -0.25) is 9.36 Å². The second-order valence-corrected chi connectivity index (χ2v) is 7.14. The van der Waals surface area contributed by atoms with E-state index in [1.807, 2.05) is 54.3 Å². The van der Waals surface area contributed by atoms with E-state index in [0.717, 1.165) is 34.3 Å². The van der Waals surface area contributed by atoms with Crippen LogP contribution in [0.3, 0.4) is 0 Å². The van der Waals surface area contributed by atoms with Crippen molar-refractivity contribution in [2.45, 2.75) is 31.5 Å². The normalized spacial score (nSPS) is 14.2. The zero-order chi connectivity index (χ0) is 16.7. The summed E-state index contributed by atoms with van der Waals surface area (Å²) in [5, 5.41) is 1.63. The molecule has 1 saturated carbocycles. The zero-order valence-electron chi connectivity index (χ0n) is 13.8. The molecule has 1 fully saturated rings. The summed E-state index contributed by atoms with van der Waals surface area (Å²) in [6.07, 6.45) is 6.18. The topological polar surface area (TPSA) is 47.8 Å². The van der Waals surface area contributed by atoms with E-state index in [-0.39, 0.29) is 5.56 Å². The van der Waals surface area contributed by atoms with Gasteiger partial charge < -0.3 is 0 Å². The lowest BCUT2D eigenvalue weighted by atomic mass is 10.0. The first-order valence-corrected chi connectivity index (χ1v) is 9.40. The molecule has 0 N–H and O–H groups in total. The van der Waals surface area contributed by atoms with Crippen molar-refractivity contribution in [3.05, 3.63) is 52.4 Å². The highest BCUT2D eigenvalue weighted by Crippen LogP contribution is 2.32. The predicted molar refractivity (Wildman–Crippen MR) is 98.5 cm³/mol. The van der Waals surface area contributed by atoms with Crippen molar-refractivity contribution in [2.24, 2.45) is 5.92 Å². The highest BCUT2D eigenvalue weighted by atomic mass is 32.2. The Hall–Kier alpha value is -2.14. The van der Waals surface area contributed by atoms with Gasteiger partial charge in [-0.2, -0.15) is 0 Å². The van der Waals surface area contributed by atoms with Crippen LogP contribution >= 0.6 is 11.8 Å². The number of hydrogen-bond acceptors (Lipinski definition) is 4. The first-order chi connectivity index (χ1) is 11.7. The quantitative estimate of drug-likeness (QED) is 0.535. The zero-order valence-corrected chi connectivity index (χ0v) is 14.6. The Bertz CT molecular complexity index is 976. The number of rotatable bonds is 4. The summed E-state index contributed by atoms with van der Waals surface area (Å²) in [7, 11) is 0. The van der Waals surface area contributed by atoms with Crippen LogP contribution in [0, 0.1) is 12.8 Å². The third-order valence-corrected chi connectivity index (χ3v) is 5.12. The molecule has 0 saturated heterocycles. The van der Waals surface area contributed by atoms with Crippen LogP contribution in [0.1, 0.15) is 18.4 Å². The van der Waals surface area contributed by atoms with Gasteiger partial charge in [0.05, 0.1) is 0 Å². The molecule has 0 bridgehead atoms. The Balaban J connectivity index is 2.00. The van der Waals surface area contributed by atoms with Gasteiger partial charge in [0.2, 0.25) is 0 Å². The third kappa shape index (κ3) is 2.73. The maximum Gasteiger partial charge on any atom is 0.260 e. The largest absolute Gasteiger partial charge is 0.292 e. The average molecular weight is 337 g/mol. The number of hydrogen-bond donors (Lipinski definition) is 0. The van der Waals surface area contributed by atoms with Crippen LogP contribution in [0.2, 0.25) is 0 Å². The average Bonchev–Trinajstić information content (AvgIpc) is 3.41. The third-order valence-electron chi connectivity index (χ3n) is 4.56. The maximum atomic E-state index is 13.2. The van der Waals surface area contributed by atoms with Crippen LogP contribution in [0.15, 0.2) is 46.5 Å². The minimum atomic E-state index is 0.0504. The highest BCUT2D eigenvalue weighted by molar-refractivity contribution is 7.98. The van der Waals surface area contributed by atoms with Crippen molar-refractivity contribution in [1.29, 1.82) is 0 Å². The van der Waals surface area contributed by atoms with Crippen LogP contribution in [0.25, 0.3) is 22.2 Å². The molecule has 1 aliphatic rings. The summed E-state index contributed by atoms with van der Waals surface area (Å²) >= 11 is 1.50. The van der Waals surface area contributed by atoms with Gasteiger partial charge in [-0.1, -0.05) is 36.0 Å². The lowest BCUT2D eigenvalue weighted by molar-refractivity contribution is 0.620. The van der Waals surface area contributed by atoms with Gasteiger partial charge >= 0.3 is 0 Å². The van der Waals surface area contributed by atoms with E-state index in [1.54, 1.807) is 0 Å². The molecule has 4 rings (SSSR count). The first-order valence-electron chi connectivity index (χ1n) is 8.18. The van der Waals surface area contributed by atoms with E-state index in [4.69, 9.17) is 0 Å². The molecule has 122 valence electrons. The number of aryl methyl sites for hydroxylation is 1. The fourth-order valence-corrected chi connectivity index (χ4v) is 3.37. The smallest absolute Gasteiger partial charge is 0.260 e. The summed E-state index contributed by atoms with van der Waals surface area (Å²) in [4.78, 5) is 22.2. The van der Waals surface area contributed by atoms with Gasteiger partial charge in [0.1, 0.15) is 5.65 Å². The minimum absolute atomic E-state index is 0.0504. The Morgan fingerprint density at radius 3 is 2.75 bits per heavy atom. The van der Waals surface area contributed by atoms with Crippen molar-refractivity contribution < 1.29 is 0 Å². The van der Waals surface area contributed by atoms with Crippen LogP contribution in [-0.4, -0.2) is 20.8 Å². The Kier molecular flexibility index (Phi) is 3.88. The van der Waals surface area contributed by atoms with Crippen LogP contribution in [0.5, 0.6) is 0 Å². The summed E-state index contributed by atoms with van der Waals surface area (Å²) in [6.45, 7) is 2.79. The summed E-state index contributed by atoms with van der Waals surface area (Å²) in [5.41, 5.74) is 3.64. The molecule has 1 aromatic carbocycles. The Morgan fingerprint density at radius 1 is 1.25 bits per heavy atom. The highest BCUT2D eigenvalue weighted by Gasteiger charge is 2.24. The van der Waals surface area contributed by atoms with Crippen LogP contribution in [-0.2, 0) is 6.54 Å².